The summed E-state index contributed by atoms with van der Waals surface area (Å²) in [6, 6.07) is 0. The summed E-state index contributed by atoms with van der Waals surface area (Å²) in [6.07, 6.45) is 1.92. The van der Waals surface area contributed by atoms with Gasteiger partial charge in [-0.2, -0.15) is 11.8 Å². The molecule has 0 aliphatic carbocycles. The number of thioether (sulfide) groups is 1. The quantitative estimate of drug-likeness (QED) is 0.572. The van der Waals surface area contributed by atoms with E-state index in [0.717, 1.165) is 35.4 Å². The van der Waals surface area contributed by atoms with Crippen molar-refractivity contribution in [3.63, 3.8) is 0 Å². The maximum atomic E-state index is 5.45. The molecule has 0 saturated carbocycles. The normalized spacial score (nSPS) is 10.5. The Kier molecular flexibility index (Phi) is 5.50. The number of aryl methyl sites for hydroxylation is 2. The second kappa shape index (κ2) is 6.69. The van der Waals surface area contributed by atoms with Crippen LogP contribution in [0.3, 0.4) is 0 Å². The maximum Gasteiger partial charge on any atom is 0.208 e. The van der Waals surface area contributed by atoms with Crippen LogP contribution in [0.1, 0.15) is 17.3 Å². The van der Waals surface area contributed by atoms with Crippen LogP contribution in [0, 0.1) is 13.8 Å². The summed E-state index contributed by atoms with van der Waals surface area (Å²) in [6.45, 7) is 9.25. The molecular formula is C11H18N2OS. The maximum absolute atomic E-state index is 5.45. The first-order chi connectivity index (χ1) is 7.24. The van der Waals surface area contributed by atoms with Crippen LogP contribution in [-0.2, 0) is 6.54 Å². The summed E-state index contributed by atoms with van der Waals surface area (Å²) in [5, 5.41) is 3.29. The molecule has 1 N–H and O–H groups in total. The Balaban J connectivity index is 2.12. The van der Waals surface area contributed by atoms with Crippen LogP contribution >= 0.6 is 11.8 Å². The highest BCUT2D eigenvalue weighted by atomic mass is 32.2. The van der Waals surface area contributed by atoms with Gasteiger partial charge in [0.2, 0.25) is 5.89 Å². The zero-order valence-corrected chi connectivity index (χ0v) is 10.2. The molecule has 0 amide bonds. The average molecular weight is 226 g/mol. The summed E-state index contributed by atoms with van der Waals surface area (Å²) >= 11 is 1.87. The van der Waals surface area contributed by atoms with Crippen LogP contribution in [0.2, 0.25) is 0 Å². The number of hydrogen-bond donors (Lipinski definition) is 1. The largest absolute Gasteiger partial charge is 0.444 e. The minimum atomic E-state index is 0.712. The number of hydrogen-bond acceptors (Lipinski definition) is 4. The highest BCUT2D eigenvalue weighted by Gasteiger charge is 2.03. The van der Waals surface area contributed by atoms with Gasteiger partial charge in [-0.05, 0) is 13.8 Å². The van der Waals surface area contributed by atoms with Gasteiger partial charge in [-0.25, -0.2) is 4.98 Å². The summed E-state index contributed by atoms with van der Waals surface area (Å²) in [5.41, 5.74) is 0.979. The first kappa shape index (κ1) is 12.3. The topological polar surface area (TPSA) is 38.1 Å². The number of nitrogens with zero attached hydrogens (tertiary/aromatic N) is 1. The lowest BCUT2D eigenvalue weighted by Crippen LogP contribution is -2.16. The number of nitrogens with one attached hydrogen (secondary N) is 1. The molecule has 0 bridgehead atoms. The van der Waals surface area contributed by atoms with Crippen LogP contribution < -0.4 is 5.32 Å². The molecule has 0 unspecified atom stereocenters. The lowest BCUT2D eigenvalue weighted by molar-refractivity contribution is 0.452. The molecule has 1 aromatic rings. The highest BCUT2D eigenvalue weighted by molar-refractivity contribution is 7.99. The van der Waals surface area contributed by atoms with Gasteiger partial charge in [-0.15, -0.1) is 6.58 Å². The monoisotopic (exact) mass is 226 g/mol. The lowest BCUT2D eigenvalue weighted by Gasteiger charge is -2.00. The molecular weight excluding hydrogens is 208 g/mol. The van der Waals surface area contributed by atoms with E-state index in [-0.39, 0.29) is 0 Å². The van der Waals surface area contributed by atoms with E-state index in [0.29, 0.717) is 6.54 Å². The summed E-state index contributed by atoms with van der Waals surface area (Å²) < 4.78 is 5.45. The van der Waals surface area contributed by atoms with Gasteiger partial charge in [-0.1, -0.05) is 6.08 Å². The van der Waals surface area contributed by atoms with Gasteiger partial charge in [0.1, 0.15) is 5.76 Å². The molecule has 84 valence electrons. The predicted molar refractivity (Wildman–Crippen MR) is 65.2 cm³/mol. The van der Waals surface area contributed by atoms with Gasteiger partial charge in [0.15, 0.2) is 0 Å². The van der Waals surface area contributed by atoms with Gasteiger partial charge in [0.25, 0.3) is 0 Å². The molecule has 0 fully saturated rings. The van der Waals surface area contributed by atoms with Crippen molar-refractivity contribution in [1.82, 2.24) is 10.3 Å². The Bertz CT molecular complexity index is 290. The Morgan fingerprint density at radius 1 is 1.53 bits per heavy atom. The van der Waals surface area contributed by atoms with E-state index in [4.69, 9.17) is 4.42 Å². The van der Waals surface area contributed by atoms with E-state index in [1.807, 2.05) is 31.7 Å². The molecule has 1 heterocycles. The van der Waals surface area contributed by atoms with Crippen LogP contribution in [0.5, 0.6) is 0 Å². The lowest BCUT2D eigenvalue weighted by atomic mass is 10.4. The zero-order chi connectivity index (χ0) is 11.1. The van der Waals surface area contributed by atoms with E-state index in [1.165, 1.54) is 0 Å². The third kappa shape index (κ3) is 4.53. The SMILES string of the molecule is C=CCSCCNCc1nc(C)c(C)o1. The fraction of sp³-hybridized carbons (Fsp3) is 0.545. The van der Waals surface area contributed by atoms with Crippen LogP contribution in [-0.4, -0.2) is 23.0 Å². The molecule has 0 atom stereocenters. The summed E-state index contributed by atoms with van der Waals surface area (Å²) in [7, 11) is 0. The Hall–Kier alpha value is -0.740. The van der Waals surface area contributed by atoms with Crippen molar-refractivity contribution in [2.45, 2.75) is 20.4 Å². The third-order valence-corrected chi connectivity index (χ3v) is 2.97. The summed E-state index contributed by atoms with van der Waals surface area (Å²) in [5.74, 6) is 3.79. The van der Waals surface area contributed by atoms with Gasteiger partial charge in [0.05, 0.1) is 12.2 Å². The van der Waals surface area contributed by atoms with Crippen molar-refractivity contribution in [1.29, 1.82) is 0 Å². The first-order valence-electron chi connectivity index (χ1n) is 5.06. The predicted octanol–water partition coefficient (Wildman–Crippen LogP) is 2.30. The van der Waals surface area contributed by atoms with Gasteiger partial charge in [-0.3, -0.25) is 0 Å². The second-order valence-corrected chi connectivity index (χ2v) is 4.44. The molecule has 1 rings (SSSR count). The van der Waals surface area contributed by atoms with E-state index >= 15 is 0 Å². The van der Waals surface area contributed by atoms with Crippen molar-refractivity contribution < 1.29 is 4.42 Å². The molecule has 3 nitrogen and oxygen atoms in total. The van der Waals surface area contributed by atoms with E-state index in [9.17, 15) is 0 Å². The Morgan fingerprint density at radius 3 is 2.93 bits per heavy atom. The Labute approximate surface area is 95.3 Å². The molecule has 0 aromatic carbocycles. The third-order valence-electron chi connectivity index (χ3n) is 2.01. The van der Waals surface area contributed by atoms with Crippen molar-refractivity contribution in [3.8, 4) is 0 Å². The molecule has 15 heavy (non-hydrogen) atoms. The first-order valence-corrected chi connectivity index (χ1v) is 6.21. The summed E-state index contributed by atoms with van der Waals surface area (Å²) in [4.78, 5) is 4.29. The van der Waals surface area contributed by atoms with Crippen molar-refractivity contribution in [3.05, 3.63) is 30.0 Å². The minimum absolute atomic E-state index is 0.712. The van der Waals surface area contributed by atoms with Crippen molar-refractivity contribution in [2.75, 3.05) is 18.1 Å². The van der Waals surface area contributed by atoms with Crippen LogP contribution in [0.4, 0.5) is 0 Å². The van der Waals surface area contributed by atoms with Gasteiger partial charge in [0, 0.05) is 18.1 Å². The standard InChI is InChI=1S/C11H18N2OS/c1-4-6-15-7-5-12-8-11-13-9(2)10(3)14-11/h4,12H,1,5-8H2,2-3H3. The minimum Gasteiger partial charge on any atom is -0.444 e. The molecule has 0 saturated heterocycles. The molecule has 0 radical (unpaired) electrons. The van der Waals surface area contributed by atoms with Crippen LogP contribution in [0.15, 0.2) is 17.1 Å². The molecule has 0 aliphatic heterocycles. The van der Waals surface area contributed by atoms with Gasteiger partial charge >= 0.3 is 0 Å². The van der Waals surface area contributed by atoms with E-state index in [2.05, 4.69) is 16.9 Å². The molecule has 4 heteroatoms. The van der Waals surface area contributed by atoms with Gasteiger partial charge < -0.3 is 9.73 Å². The average Bonchev–Trinajstić information content (AvgIpc) is 2.52. The van der Waals surface area contributed by atoms with Crippen molar-refractivity contribution in [2.24, 2.45) is 0 Å². The zero-order valence-electron chi connectivity index (χ0n) is 9.38. The smallest absolute Gasteiger partial charge is 0.208 e. The molecule has 0 aliphatic rings. The number of rotatable bonds is 7. The molecule has 1 aromatic heterocycles. The fourth-order valence-corrected chi connectivity index (χ4v) is 1.74. The molecule has 0 spiro atoms. The van der Waals surface area contributed by atoms with E-state index in [1.54, 1.807) is 0 Å². The van der Waals surface area contributed by atoms with E-state index < -0.39 is 0 Å². The Morgan fingerprint density at radius 2 is 2.33 bits per heavy atom. The van der Waals surface area contributed by atoms with Crippen molar-refractivity contribution >= 4 is 11.8 Å². The number of aromatic nitrogens is 1. The highest BCUT2D eigenvalue weighted by Crippen LogP contribution is 2.07. The van der Waals surface area contributed by atoms with Crippen LogP contribution in [0.25, 0.3) is 0 Å². The fourth-order valence-electron chi connectivity index (χ4n) is 1.12. The second-order valence-electron chi connectivity index (χ2n) is 3.29. The number of oxazole rings is 1.